The van der Waals surface area contributed by atoms with E-state index in [-0.39, 0.29) is 30.8 Å². The standard InChI is InChI=1S/C10H17NO3/c1-7(6-12)5-11-8(13)4-10(2,3)9(11)14/h7,12H,4-6H2,1-3H3. The zero-order valence-electron chi connectivity index (χ0n) is 8.91. The lowest BCUT2D eigenvalue weighted by molar-refractivity contribution is -0.141. The van der Waals surface area contributed by atoms with Crippen molar-refractivity contribution < 1.29 is 14.7 Å². The molecule has 1 aliphatic heterocycles. The summed E-state index contributed by atoms with van der Waals surface area (Å²) in [5, 5.41) is 8.85. The predicted molar refractivity (Wildman–Crippen MR) is 51.4 cm³/mol. The third-order valence-corrected chi connectivity index (χ3v) is 2.52. The maximum absolute atomic E-state index is 11.7. The van der Waals surface area contributed by atoms with Gasteiger partial charge < -0.3 is 5.11 Å². The minimum Gasteiger partial charge on any atom is -0.396 e. The Hall–Kier alpha value is -0.900. The van der Waals surface area contributed by atoms with E-state index in [1.807, 2.05) is 6.92 Å². The molecular weight excluding hydrogens is 182 g/mol. The molecule has 0 aromatic rings. The summed E-state index contributed by atoms with van der Waals surface area (Å²) in [4.78, 5) is 24.5. The van der Waals surface area contributed by atoms with Crippen LogP contribution in [-0.4, -0.2) is 35.0 Å². The van der Waals surface area contributed by atoms with Gasteiger partial charge in [-0.05, 0) is 5.92 Å². The van der Waals surface area contributed by atoms with Gasteiger partial charge in [0.05, 0.1) is 5.41 Å². The third-order valence-electron chi connectivity index (χ3n) is 2.52. The van der Waals surface area contributed by atoms with E-state index in [1.165, 1.54) is 4.90 Å². The van der Waals surface area contributed by atoms with Crippen LogP contribution in [-0.2, 0) is 9.59 Å². The topological polar surface area (TPSA) is 57.6 Å². The van der Waals surface area contributed by atoms with Crippen LogP contribution in [0.25, 0.3) is 0 Å². The van der Waals surface area contributed by atoms with Gasteiger partial charge in [0.25, 0.3) is 0 Å². The molecule has 80 valence electrons. The maximum Gasteiger partial charge on any atom is 0.235 e. The zero-order valence-corrected chi connectivity index (χ0v) is 8.91. The van der Waals surface area contributed by atoms with Crippen LogP contribution in [0.1, 0.15) is 27.2 Å². The molecule has 1 aliphatic rings. The summed E-state index contributed by atoms with van der Waals surface area (Å²) in [7, 11) is 0. The number of carbonyl (C=O) groups excluding carboxylic acids is 2. The average Bonchev–Trinajstić information content (AvgIpc) is 2.28. The van der Waals surface area contributed by atoms with E-state index in [2.05, 4.69) is 0 Å². The van der Waals surface area contributed by atoms with Gasteiger partial charge in [-0.15, -0.1) is 0 Å². The van der Waals surface area contributed by atoms with E-state index in [4.69, 9.17) is 5.11 Å². The highest BCUT2D eigenvalue weighted by atomic mass is 16.3. The summed E-state index contributed by atoms with van der Waals surface area (Å²) in [6.07, 6.45) is 0.282. The van der Waals surface area contributed by atoms with Crippen LogP contribution in [0.3, 0.4) is 0 Å². The molecule has 1 N–H and O–H groups in total. The fraction of sp³-hybridized carbons (Fsp3) is 0.800. The Morgan fingerprint density at radius 2 is 2.07 bits per heavy atom. The van der Waals surface area contributed by atoms with Crippen molar-refractivity contribution in [3.8, 4) is 0 Å². The average molecular weight is 199 g/mol. The molecule has 1 atom stereocenters. The zero-order chi connectivity index (χ0) is 10.9. The predicted octanol–water partition coefficient (Wildman–Crippen LogP) is 0.400. The van der Waals surface area contributed by atoms with Gasteiger partial charge in [0.15, 0.2) is 0 Å². The van der Waals surface area contributed by atoms with Gasteiger partial charge >= 0.3 is 0 Å². The highest BCUT2D eigenvalue weighted by Gasteiger charge is 2.44. The number of rotatable bonds is 3. The fourth-order valence-electron chi connectivity index (χ4n) is 1.58. The van der Waals surface area contributed by atoms with Crippen molar-refractivity contribution >= 4 is 11.8 Å². The van der Waals surface area contributed by atoms with Crippen LogP contribution in [0.15, 0.2) is 0 Å². The van der Waals surface area contributed by atoms with E-state index in [1.54, 1.807) is 13.8 Å². The van der Waals surface area contributed by atoms with Crippen molar-refractivity contribution in [3.05, 3.63) is 0 Å². The van der Waals surface area contributed by atoms with Crippen molar-refractivity contribution in [2.24, 2.45) is 11.3 Å². The number of likely N-dealkylation sites (tertiary alicyclic amines) is 1. The SMILES string of the molecule is CC(CO)CN1C(=O)CC(C)(C)C1=O. The molecule has 14 heavy (non-hydrogen) atoms. The molecule has 4 heteroatoms. The Morgan fingerprint density at radius 3 is 2.43 bits per heavy atom. The normalized spacial score (nSPS) is 23.0. The summed E-state index contributed by atoms with van der Waals surface area (Å²) < 4.78 is 0. The van der Waals surface area contributed by atoms with Crippen LogP contribution < -0.4 is 0 Å². The van der Waals surface area contributed by atoms with Crippen LogP contribution in [0.2, 0.25) is 0 Å². The molecule has 1 heterocycles. The van der Waals surface area contributed by atoms with E-state index in [0.29, 0.717) is 6.54 Å². The van der Waals surface area contributed by atoms with Gasteiger partial charge in [-0.25, -0.2) is 0 Å². The van der Waals surface area contributed by atoms with E-state index < -0.39 is 5.41 Å². The summed E-state index contributed by atoms with van der Waals surface area (Å²) in [6.45, 7) is 5.69. The fourth-order valence-corrected chi connectivity index (χ4v) is 1.58. The number of hydrogen-bond acceptors (Lipinski definition) is 3. The van der Waals surface area contributed by atoms with Gasteiger partial charge in [-0.2, -0.15) is 0 Å². The van der Waals surface area contributed by atoms with Crippen molar-refractivity contribution in [2.45, 2.75) is 27.2 Å². The maximum atomic E-state index is 11.7. The number of hydrogen-bond donors (Lipinski definition) is 1. The summed E-state index contributed by atoms with van der Waals surface area (Å²) >= 11 is 0. The first-order valence-corrected chi connectivity index (χ1v) is 4.84. The Balaban J connectivity index is 2.71. The summed E-state index contributed by atoms with van der Waals surface area (Å²) in [5.74, 6) is -0.292. The molecule has 2 amide bonds. The number of amides is 2. The van der Waals surface area contributed by atoms with Gasteiger partial charge in [0, 0.05) is 19.6 Å². The Morgan fingerprint density at radius 1 is 1.50 bits per heavy atom. The molecule has 0 radical (unpaired) electrons. The van der Waals surface area contributed by atoms with E-state index in [9.17, 15) is 9.59 Å². The Kier molecular flexibility index (Phi) is 2.95. The molecule has 0 aliphatic carbocycles. The second-order valence-electron chi connectivity index (χ2n) is 4.66. The van der Waals surface area contributed by atoms with Crippen molar-refractivity contribution in [3.63, 3.8) is 0 Å². The Bertz CT molecular complexity index is 260. The first kappa shape index (κ1) is 11.2. The third kappa shape index (κ3) is 1.95. The van der Waals surface area contributed by atoms with Crippen LogP contribution >= 0.6 is 0 Å². The molecule has 0 bridgehead atoms. The lowest BCUT2D eigenvalue weighted by atomic mass is 9.92. The number of aliphatic hydroxyl groups is 1. The second kappa shape index (κ2) is 3.69. The molecular formula is C10H17NO3. The summed E-state index contributed by atoms with van der Waals surface area (Å²) in [5.41, 5.74) is -0.563. The number of carbonyl (C=O) groups is 2. The van der Waals surface area contributed by atoms with Gasteiger partial charge in [0.2, 0.25) is 11.8 Å². The largest absolute Gasteiger partial charge is 0.396 e. The molecule has 4 nitrogen and oxygen atoms in total. The minimum atomic E-state index is -0.563. The molecule has 0 spiro atoms. The van der Waals surface area contributed by atoms with Gasteiger partial charge in [-0.3, -0.25) is 14.5 Å². The number of imide groups is 1. The van der Waals surface area contributed by atoms with Crippen LogP contribution in [0.5, 0.6) is 0 Å². The van der Waals surface area contributed by atoms with Crippen LogP contribution in [0.4, 0.5) is 0 Å². The van der Waals surface area contributed by atoms with Crippen molar-refractivity contribution in [2.75, 3.05) is 13.2 Å². The number of aliphatic hydroxyl groups excluding tert-OH is 1. The first-order valence-electron chi connectivity index (χ1n) is 4.84. The second-order valence-corrected chi connectivity index (χ2v) is 4.66. The molecule has 0 saturated carbocycles. The van der Waals surface area contributed by atoms with Gasteiger partial charge in [0.1, 0.15) is 0 Å². The molecule has 0 aromatic carbocycles. The molecule has 1 fully saturated rings. The van der Waals surface area contributed by atoms with E-state index in [0.717, 1.165) is 0 Å². The highest BCUT2D eigenvalue weighted by Crippen LogP contribution is 2.31. The van der Waals surface area contributed by atoms with Crippen LogP contribution in [0, 0.1) is 11.3 Å². The Labute approximate surface area is 83.9 Å². The molecule has 1 unspecified atom stereocenters. The number of nitrogens with zero attached hydrogens (tertiary/aromatic N) is 1. The lowest BCUT2D eigenvalue weighted by Gasteiger charge is -2.20. The molecule has 0 aromatic heterocycles. The lowest BCUT2D eigenvalue weighted by Crippen LogP contribution is -2.37. The smallest absolute Gasteiger partial charge is 0.235 e. The minimum absolute atomic E-state index is 0.00249. The van der Waals surface area contributed by atoms with Gasteiger partial charge in [-0.1, -0.05) is 20.8 Å². The first-order chi connectivity index (χ1) is 6.38. The molecule has 1 rings (SSSR count). The molecule has 1 saturated heterocycles. The van der Waals surface area contributed by atoms with E-state index >= 15 is 0 Å². The quantitative estimate of drug-likeness (QED) is 0.669. The van der Waals surface area contributed by atoms with Crippen molar-refractivity contribution in [1.29, 1.82) is 0 Å². The van der Waals surface area contributed by atoms with Crippen molar-refractivity contribution in [1.82, 2.24) is 4.90 Å². The highest BCUT2D eigenvalue weighted by molar-refractivity contribution is 6.05. The monoisotopic (exact) mass is 199 g/mol. The summed E-state index contributed by atoms with van der Waals surface area (Å²) in [6, 6.07) is 0.